The molecule has 2 aliphatic heterocycles. The van der Waals surface area contributed by atoms with Gasteiger partial charge in [-0.2, -0.15) is 0 Å². The Balaban J connectivity index is 1.60. The fourth-order valence-electron chi connectivity index (χ4n) is 3.25. The highest BCUT2D eigenvalue weighted by Gasteiger charge is 2.24. The van der Waals surface area contributed by atoms with Gasteiger partial charge in [-0.25, -0.2) is 0 Å². The standard InChI is InChI=1S/C15H29N3O2/c1-16(8-9-18-6-3-4-15(18)19)12-14-5-7-17(13-14)10-11-20-2/h14H,3-13H2,1-2H3. The van der Waals surface area contributed by atoms with Crippen LogP contribution in [0, 0.1) is 5.92 Å². The van der Waals surface area contributed by atoms with Crippen molar-refractivity contribution in [3.63, 3.8) is 0 Å². The number of rotatable bonds is 8. The summed E-state index contributed by atoms with van der Waals surface area (Å²) < 4.78 is 5.14. The molecule has 0 bridgehead atoms. The molecule has 5 heteroatoms. The average Bonchev–Trinajstić information content (AvgIpc) is 3.03. The number of methoxy groups -OCH3 is 1. The Kier molecular flexibility index (Phi) is 6.26. The van der Waals surface area contributed by atoms with Crippen LogP contribution >= 0.6 is 0 Å². The van der Waals surface area contributed by atoms with Gasteiger partial charge in [-0.1, -0.05) is 0 Å². The van der Waals surface area contributed by atoms with E-state index in [0.29, 0.717) is 5.91 Å². The molecule has 1 atom stereocenters. The first-order valence-electron chi connectivity index (χ1n) is 7.86. The first kappa shape index (κ1) is 15.7. The number of hydrogen-bond donors (Lipinski definition) is 0. The second-order valence-corrected chi connectivity index (χ2v) is 6.19. The van der Waals surface area contributed by atoms with Crippen molar-refractivity contribution in [1.29, 1.82) is 0 Å². The number of amides is 1. The molecule has 0 aliphatic carbocycles. The molecule has 2 heterocycles. The fourth-order valence-corrected chi connectivity index (χ4v) is 3.25. The maximum Gasteiger partial charge on any atom is 0.222 e. The maximum absolute atomic E-state index is 11.6. The second-order valence-electron chi connectivity index (χ2n) is 6.19. The van der Waals surface area contributed by atoms with Gasteiger partial charge in [-0.05, 0) is 32.4 Å². The van der Waals surface area contributed by atoms with Gasteiger partial charge in [-0.3, -0.25) is 4.79 Å². The number of likely N-dealkylation sites (N-methyl/N-ethyl adjacent to an activating group) is 1. The lowest BCUT2D eigenvalue weighted by molar-refractivity contribution is -0.127. The van der Waals surface area contributed by atoms with E-state index >= 15 is 0 Å². The number of nitrogens with zero attached hydrogens (tertiary/aromatic N) is 3. The topological polar surface area (TPSA) is 36.0 Å². The lowest BCUT2D eigenvalue weighted by atomic mass is 10.1. The molecule has 0 aromatic rings. The smallest absolute Gasteiger partial charge is 0.222 e. The van der Waals surface area contributed by atoms with Crippen LogP contribution in [0.3, 0.4) is 0 Å². The molecule has 0 saturated carbocycles. The molecule has 0 aromatic heterocycles. The van der Waals surface area contributed by atoms with Gasteiger partial charge in [0.25, 0.3) is 0 Å². The molecular weight excluding hydrogens is 254 g/mol. The first-order valence-corrected chi connectivity index (χ1v) is 7.86. The minimum atomic E-state index is 0.338. The number of carbonyl (C=O) groups excluding carboxylic acids is 1. The summed E-state index contributed by atoms with van der Waals surface area (Å²) in [5.41, 5.74) is 0. The first-order chi connectivity index (χ1) is 9.69. The van der Waals surface area contributed by atoms with Crippen molar-refractivity contribution in [3.8, 4) is 0 Å². The van der Waals surface area contributed by atoms with Gasteiger partial charge < -0.3 is 19.4 Å². The molecule has 0 spiro atoms. The van der Waals surface area contributed by atoms with Gasteiger partial charge in [0.05, 0.1) is 6.61 Å². The number of hydrogen-bond acceptors (Lipinski definition) is 4. The quantitative estimate of drug-likeness (QED) is 0.650. The number of likely N-dealkylation sites (tertiary alicyclic amines) is 2. The largest absolute Gasteiger partial charge is 0.383 e. The molecule has 1 amide bonds. The van der Waals surface area contributed by atoms with Crippen molar-refractivity contribution in [2.24, 2.45) is 5.92 Å². The predicted molar refractivity (Wildman–Crippen MR) is 79.7 cm³/mol. The molecule has 0 aromatic carbocycles. The Morgan fingerprint density at radius 3 is 2.90 bits per heavy atom. The normalized spacial score (nSPS) is 24.2. The third-order valence-corrected chi connectivity index (χ3v) is 4.47. The number of ether oxygens (including phenoxy) is 1. The van der Waals surface area contributed by atoms with Crippen LogP contribution in [0.1, 0.15) is 19.3 Å². The van der Waals surface area contributed by atoms with Crippen molar-refractivity contribution in [1.82, 2.24) is 14.7 Å². The zero-order valence-electron chi connectivity index (χ0n) is 13.0. The zero-order chi connectivity index (χ0) is 14.4. The minimum absolute atomic E-state index is 0.338. The van der Waals surface area contributed by atoms with Crippen LogP contribution in [0.25, 0.3) is 0 Å². The van der Waals surface area contributed by atoms with E-state index in [-0.39, 0.29) is 0 Å². The lowest BCUT2D eigenvalue weighted by Crippen LogP contribution is -2.36. The summed E-state index contributed by atoms with van der Waals surface area (Å²) in [6.45, 7) is 8.28. The summed E-state index contributed by atoms with van der Waals surface area (Å²) in [6, 6.07) is 0. The van der Waals surface area contributed by atoms with Gasteiger partial charge in [-0.15, -0.1) is 0 Å². The highest BCUT2D eigenvalue weighted by atomic mass is 16.5. The van der Waals surface area contributed by atoms with Crippen LogP contribution in [0.5, 0.6) is 0 Å². The zero-order valence-corrected chi connectivity index (χ0v) is 13.0. The summed E-state index contributed by atoms with van der Waals surface area (Å²) in [6.07, 6.45) is 3.08. The van der Waals surface area contributed by atoms with Crippen LogP contribution in [0.2, 0.25) is 0 Å². The third-order valence-electron chi connectivity index (χ3n) is 4.47. The van der Waals surface area contributed by atoms with Crippen molar-refractivity contribution in [2.45, 2.75) is 19.3 Å². The SMILES string of the molecule is COCCN1CCC(CN(C)CCN2CCCC2=O)C1. The molecule has 2 fully saturated rings. The summed E-state index contributed by atoms with van der Waals surface area (Å²) >= 11 is 0. The van der Waals surface area contributed by atoms with Crippen molar-refractivity contribution < 1.29 is 9.53 Å². The van der Waals surface area contributed by atoms with E-state index in [1.165, 1.54) is 19.5 Å². The molecule has 2 rings (SSSR count). The Hall–Kier alpha value is -0.650. The van der Waals surface area contributed by atoms with E-state index in [0.717, 1.165) is 58.1 Å². The minimum Gasteiger partial charge on any atom is -0.383 e. The van der Waals surface area contributed by atoms with Crippen molar-refractivity contribution in [2.75, 3.05) is 66.6 Å². The maximum atomic E-state index is 11.6. The molecule has 2 aliphatic rings. The van der Waals surface area contributed by atoms with E-state index in [9.17, 15) is 4.79 Å². The van der Waals surface area contributed by atoms with Gasteiger partial charge >= 0.3 is 0 Å². The molecule has 20 heavy (non-hydrogen) atoms. The van der Waals surface area contributed by atoms with Crippen LogP contribution in [0.15, 0.2) is 0 Å². The summed E-state index contributed by atoms with van der Waals surface area (Å²) in [7, 11) is 3.94. The van der Waals surface area contributed by atoms with E-state index in [1.807, 2.05) is 4.90 Å². The monoisotopic (exact) mass is 283 g/mol. The van der Waals surface area contributed by atoms with Crippen molar-refractivity contribution in [3.05, 3.63) is 0 Å². The summed E-state index contributed by atoms with van der Waals surface area (Å²) in [5.74, 6) is 1.11. The molecule has 2 saturated heterocycles. The van der Waals surface area contributed by atoms with Crippen LogP contribution in [0.4, 0.5) is 0 Å². The lowest BCUT2D eigenvalue weighted by Gasteiger charge is -2.24. The summed E-state index contributed by atoms with van der Waals surface area (Å²) in [4.78, 5) is 18.5. The van der Waals surface area contributed by atoms with Gasteiger partial charge in [0.1, 0.15) is 0 Å². The van der Waals surface area contributed by atoms with Gasteiger partial charge in [0, 0.05) is 52.8 Å². The number of carbonyl (C=O) groups is 1. The fraction of sp³-hybridized carbons (Fsp3) is 0.933. The van der Waals surface area contributed by atoms with E-state index in [4.69, 9.17) is 4.74 Å². The average molecular weight is 283 g/mol. The predicted octanol–water partition coefficient (Wildman–Crippen LogP) is 0.509. The van der Waals surface area contributed by atoms with Crippen LogP contribution in [-0.2, 0) is 9.53 Å². The van der Waals surface area contributed by atoms with Gasteiger partial charge in [0.15, 0.2) is 0 Å². The Labute approximate surface area is 122 Å². The highest BCUT2D eigenvalue weighted by molar-refractivity contribution is 5.78. The molecule has 116 valence electrons. The van der Waals surface area contributed by atoms with E-state index in [1.54, 1.807) is 7.11 Å². The molecular formula is C15H29N3O2. The molecule has 0 radical (unpaired) electrons. The Bertz CT molecular complexity index is 311. The van der Waals surface area contributed by atoms with E-state index < -0.39 is 0 Å². The Morgan fingerprint density at radius 1 is 1.35 bits per heavy atom. The third kappa shape index (κ3) is 4.72. The molecule has 0 N–H and O–H groups in total. The van der Waals surface area contributed by atoms with Crippen LogP contribution in [-0.4, -0.2) is 87.2 Å². The van der Waals surface area contributed by atoms with Crippen molar-refractivity contribution >= 4 is 5.91 Å². The molecule has 1 unspecified atom stereocenters. The second kappa shape index (κ2) is 7.96. The van der Waals surface area contributed by atoms with Gasteiger partial charge in [0.2, 0.25) is 5.91 Å². The Morgan fingerprint density at radius 2 is 2.20 bits per heavy atom. The van der Waals surface area contributed by atoms with Crippen LogP contribution < -0.4 is 0 Å². The molecule has 5 nitrogen and oxygen atoms in total. The summed E-state index contributed by atoms with van der Waals surface area (Å²) in [5, 5.41) is 0. The highest BCUT2D eigenvalue weighted by Crippen LogP contribution is 2.17. The van der Waals surface area contributed by atoms with E-state index in [2.05, 4.69) is 16.8 Å².